The van der Waals surface area contributed by atoms with Crippen molar-refractivity contribution in [3.63, 3.8) is 0 Å². The van der Waals surface area contributed by atoms with Crippen molar-refractivity contribution in [3.05, 3.63) is 0 Å². The molecule has 0 radical (unpaired) electrons. The van der Waals surface area contributed by atoms with Crippen molar-refractivity contribution < 1.29 is 14.7 Å². The van der Waals surface area contributed by atoms with Gasteiger partial charge in [-0.3, -0.25) is 9.59 Å². The van der Waals surface area contributed by atoms with Gasteiger partial charge in [-0.25, -0.2) is 0 Å². The Morgan fingerprint density at radius 2 is 1.82 bits per heavy atom. The highest BCUT2D eigenvalue weighted by atomic mass is 16.4. The summed E-state index contributed by atoms with van der Waals surface area (Å²) in [4.78, 5) is 26.6. The number of carboxylic acids is 1. The Morgan fingerprint density at radius 1 is 1.18 bits per heavy atom. The van der Waals surface area contributed by atoms with E-state index in [1.165, 1.54) is 0 Å². The standard InChI is InChI=1S/C12H22N2O3/c1-4-5-14(7-6-13(2)3)11(15)9-8-10(9)12(16)17/h9-10H,4-8H2,1-3H3,(H,16,17)/t9-,10+/m1/s1. The highest BCUT2D eigenvalue weighted by Crippen LogP contribution is 2.40. The monoisotopic (exact) mass is 242 g/mol. The van der Waals surface area contributed by atoms with Gasteiger partial charge in [-0.15, -0.1) is 0 Å². The van der Waals surface area contributed by atoms with Gasteiger partial charge < -0.3 is 14.9 Å². The normalized spacial score (nSPS) is 22.6. The molecule has 0 saturated heterocycles. The van der Waals surface area contributed by atoms with E-state index in [1.54, 1.807) is 4.90 Å². The van der Waals surface area contributed by atoms with E-state index in [9.17, 15) is 9.59 Å². The molecule has 1 aliphatic carbocycles. The molecule has 1 rings (SSSR count). The molecule has 0 aromatic rings. The fourth-order valence-electron chi connectivity index (χ4n) is 1.90. The van der Waals surface area contributed by atoms with Crippen molar-refractivity contribution in [1.29, 1.82) is 0 Å². The Balaban J connectivity index is 2.47. The van der Waals surface area contributed by atoms with Crippen LogP contribution in [-0.2, 0) is 9.59 Å². The number of carboxylic acid groups (broad SMARTS) is 1. The zero-order valence-corrected chi connectivity index (χ0v) is 10.8. The lowest BCUT2D eigenvalue weighted by Gasteiger charge is -2.24. The highest BCUT2D eigenvalue weighted by molar-refractivity contribution is 5.89. The molecule has 0 aliphatic heterocycles. The Kier molecular flexibility index (Phi) is 4.93. The van der Waals surface area contributed by atoms with Crippen LogP contribution in [0.3, 0.4) is 0 Å². The van der Waals surface area contributed by atoms with Gasteiger partial charge in [0.2, 0.25) is 5.91 Å². The smallest absolute Gasteiger partial charge is 0.307 e. The van der Waals surface area contributed by atoms with E-state index >= 15 is 0 Å². The van der Waals surface area contributed by atoms with Crippen LogP contribution in [0.2, 0.25) is 0 Å². The van der Waals surface area contributed by atoms with Gasteiger partial charge in [-0.1, -0.05) is 6.92 Å². The van der Waals surface area contributed by atoms with Gasteiger partial charge in [0.05, 0.1) is 11.8 Å². The van der Waals surface area contributed by atoms with Crippen LogP contribution in [-0.4, -0.2) is 60.5 Å². The topological polar surface area (TPSA) is 60.9 Å². The molecule has 1 saturated carbocycles. The second kappa shape index (κ2) is 6.00. The van der Waals surface area contributed by atoms with Crippen LogP contribution < -0.4 is 0 Å². The first-order chi connectivity index (χ1) is 7.97. The van der Waals surface area contributed by atoms with Gasteiger partial charge in [0.25, 0.3) is 0 Å². The molecule has 0 heterocycles. The average Bonchev–Trinajstić information content (AvgIpc) is 3.02. The fourth-order valence-corrected chi connectivity index (χ4v) is 1.90. The number of amides is 1. The summed E-state index contributed by atoms with van der Waals surface area (Å²) in [6.07, 6.45) is 1.42. The molecular formula is C12H22N2O3. The molecule has 0 aromatic heterocycles. The summed E-state index contributed by atoms with van der Waals surface area (Å²) in [5.41, 5.74) is 0. The lowest BCUT2D eigenvalue weighted by molar-refractivity contribution is -0.142. The molecule has 2 atom stereocenters. The van der Waals surface area contributed by atoms with Gasteiger partial charge in [0.15, 0.2) is 0 Å². The minimum atomic E-state index is -0.840. The maximum atomic E-state index is 12.1. The summed E-state index contributed by atoms with van der Waals surface area (Å²) in [6.45, 7) is 4.24. The van der Waals surface area contributed by atoms with E-state index in [4.69, 9.17) is 5.11 Å². The maximum Gasteiger partial charge on any atom is 0.307 e. The molecule has 5 heteroatoms. The van der Waals surface area contributed by atoms with E-state index < -0.39 is 11.9 Å². The SMILES string of the molecule is CCCN(CCN(C)C)C(=O)[C@@H]1C[C@@H]1C(=O)O. The summed E-state index contributed by atoms with van der Waals surface area (Å²) in [6, 6.07) is 0. The van der Waals surface area contributed by atoms with Crippen molar-refractivity contribution in [1.82, 2.24) is 9.80 Å². The lowest BCUT2D eigenvalue weighted by atomic mass is 10.2. The van der Waals surface area contributed by atoms with Gasteiger partial charge >= 0.3 is 5.97 Å². The Hall–Kier alpha value is -1.10. The van der Waals surface area contributed by atoms with Crippen LogP contribution in [0.4, 0.5) is 0 Å². The number of likely N-dealkylation sites (N-methyl/N-ethyl adjacent to an activating group) is 1. The molecule has 0 spiro atoms. The van der Waals surface area contributed by atoms with E-state index in [0.29, 0.717) is 13.0 Å². The first-order valence-corrected chi connectivity index (χ1v) is 6.13. The predicted octanol–water partition coefficient (Wildman–Crippen LogP) is 0.507. The summed E-state index contributed by atoms with van der Waals surface area (Å²) >= 11 is 0. The van der Waals surface area contributed by atoms with Crippen LogP contribution in [0, 0.1) is 11.8 Å². The maximum absolute atomic E-state index is 12.1. The van der Waals surface area contributed by atoms with Gasteiger partial charge in [-0.2, -0.15) is 0 Å². The van der Waals surface area contributed by atoms with E-state index in [-0.39, 0.29) is 11.8 Å². The summed E-state index contributed by atoms with van der Waals surface area (Å²) < 4.78 is 0. The average molecular weight is 242 g/mol. The Labute approximate surface area is 102 Å². The summed E-state index contributed by atoms with van der Waals surface area (Å²) in [5, 5.41) is 8.82. The first kappa shape index (κ1) is 14.0. The van der Waals surface area contributed by atoms with Crippen molar-refractivity contribution in [2.24, 2.45) is 11.8 Å². The molecule has 98 valence electrons. The lowest BCUT2D eigenvalue weighted by Crippen LogP contribution is -2.38. The third-order valence-electron chi connectivity index (χ3n) is 3.05. The van der Waals surface area contributed by atoms with E-state index in [2.05, 4.69) is 0 Å². The number of aliphatic carboxylic acids is 1. The summed E-state index contributed by atoms with van der Waals surface area (Å²) in [5.74, 6) is -1.55. The Morgan fingerprint density at radius 3 is 2.24 bits per heavy atom. The zero-order valence-electron chi connectivity index (χ0n) is 10.8. The molecule has 1 fully saturated rings. The van der Waals surface area contributed by atoms with Crippen LogP contribution in [0.15, 0.2) is 0 Å². The molecular weight excluding hydrogens is 220 g/mol. The van der Waals surface area contributed by atoms with E-state index in [1.807, 2.05) is 25.9 Å². The third-order valence-corrected chi connectivity index (χ3v) is 3.05. The minimum absolute atomic E-state index is 0.0149. The molecule has 1 aliphatic rings. The highest BCUT2D eigenvalue weighted by Gasteiger charge is 2.49. The van der Waals surface area contributed by atoms with Crippen LogP contribution in [0.25, 0.3) is 0 Å². The Bertz CT molecular complexity index is 291. The second-order valence-corrected chi connectivity index (χ2v) is 4.92. The van der Waals surface area contributed by atoms with Crippen molar-refractivity contribution in [2.45, 2.75) is 19.8 Å². The minimum Gasteiger partial charge on any atom is -0.481 e. The number of rotatable bonds is 7. The van der Waals surface area contributed by atoms with E-state index in [0.717, 1.165) is 19.5 Å². The fraction of sp³-hybridized carbons (Fsp3) is 0.833. The van der Waals surface area contributed by atoms with Crippen molar-refractivity contribution in [3.8, 4) is 0 Å². The quantitative estimate of drug-likeness (QED) is 0.706. The predicted molar refractivity (Wildman–Crippen MR) is 64.7 cm³/mol. The van der Waals surface area contributed by atoms with Crippen molar-refractivity contribution in [2.75, 3.05) is 33.7 Å². The molecule has 0 bridgehead atoms. The molecule has 1 N–H and O–H groups in total. The van der Waals surface area contributed by atoms with Gasteiger partial charge in [0.1, 0.15) is 0 Å². The molecule has 5 nitrogen and oxygen atoms in total. The number of carbonyl (C=O) groups excluding carboxylic acids is 1. The summed E-state index contributed by atoms with van der Waals surface area (Å²) in [7, 11) is 3.93. The molecule has 17 heavy (non-hydrogen) atoms. The zero-order chi connectivity index (χ0) is 13.0. The number of hydrogen-bond acceptors (Lipinski definition) is 3. The molecule has 0 unspecified atom stereocenters. The third kappa shape index (κ3) is 4.00. The van der Waals surface area contributed by atoms with Crippen LogP contribution >= 0.6 is 0 Å². The largest absolute Gasteiger partial charge is 0.481 e. The first-order valence-electron chi connectivity index (χ1n) is 6.13. The number of carbonyl (C=O) groups is 2. The number of hydrogen-bond donors (Lipinski definition) is 1. The van der Waals surface area contributed by atoms with Crippen LogP contribution in [0.1, 0.15) is 19.8 Å². The molecule has 0 aromatic carbocycles. The number of nitrogens with zero attached hydrogens (tertiary/aromatic N) is 2. The van der Waals surface area contributed by atoms with Gasteiger partial charge in [0, 0.05) is 19.6 Å². The van der Waals surface area contributed by atoms with Crippen LogP contribution in [0.5, 0.6) is 0 Å². The van der Waals surface area contributed by atoms with Crippen molar-refractivity contribution >= 4 is 11.9 Å². The second-order valence-electron chi connectivity index (χ2n) is 4.92. The van der Waals surface area contributed by atoms with Gasteiger partial charge in [-0.05, 0) is 26.9 Å². The molecule has 1 amide bonds.